The van der Waals surface area contributed by atoms with Crippen LogP contribution >= 0.6 is 0 Å². The molecule has 0 aromatic carbocycles. The van der Waals surface area contributed by atoms with Crippen molar-refractivity contribution < 1.29 is 9.53 Å². The molecule has 0 unspecified atom stereocenters. The first-order valence-electron chi connectivity index (χ1n) is 7.92. The van der Waals surface area contributed by atoms with E-state index in [4.69, 9.17) is 10.5 Å². The number of hydrogen-bond donors (Lipinski definition) is 3. The number of aromatic amines is 1. The van der Waals surface area contributed by atoms with Gasteiger partial charge < -0.3 is 15.8 Å². The quantitative estimate of drug-likeness (QED) is 0.770. The van der Waals surface area contributed by atoms with E-state index in [1.165, 1.54) is 19.3 Å². The van der Waals surface area contributed by atoms with Gasteiger partial charge in [0.05, 0.1) is 6.10 Å². The molecule has 1 amide bonds. The summed E-state index contributed by atoms with van der Waals surface area (Å²) in [7, 11) is 0. The Labute approximate surface area is 124 Å². The highest BCUT2D eigenvalue weighted by Crippen LogP contribution is 2.36. The second kappa shape index (κ2) is 6.47. The summed E-state index contributed by atoms with van der Waals surface area (Å²) < 4.78 is 5.68. The molecule has 2 aliphatic carbocycles. The molecule has 0 bridgehead atoms. The van der Waals surface area contributed by atoms with Crippen LogP contribution in [0.15, 0.2) is 6.07 Å². The van der Waals surface area contributed by atoms with Gasteiger partial charge in [0.1, 0.15) is 12.4 Å². The molecule has 1 heterocycles. The first-order chi connectivity index (χ1) is 10.2. The third-order valence-corrected chi connectivity index (χ3v) is 4.56. The van der Waals surface area contributed by atoms with E-state index in [9.17, 15) is 4.79 Å². The lowest BCUT2D eigenvalue weighted by molar-refractivity contribution is -0.129. The fourth-order valence-electron chi connectivity index (χ4n) is 3.25. The summed E-state index contributed by atoms with van der Waals surface area (Å²) >= 11 is 0. The van der Waals surface area contributed by atoms with Gasteiger partial charge in [-0.25, -0.2) is 0 Å². The SMILES string of the molecule is Nc1cc(C2CC(NC(=O)COC3CCCCC3)C2)[nH]n1. The second-order valence-corrected chi connectivity index (χ2v) is 6.25. The normalized spacial score (nSPS) is 26.3. The predicted molar refractivity (Wildman–Crippen MR) is 79.7 cm³/mol. The molecule has 116 valence electrons. The van der Waals surface area contributed by atoms with Gasteiger partial charge in [0, 0.05) is 23.7 Å². The fraction of sp³-hybridized carbons (Fsp3) is 0.733. The predicted octanol–water partition coefficient (Wildman–Crippen LogP) is 1.70. The van der Waals surface area contributed by atoms with E-state index in [0.717, 1.165) is 31.4 Å². The lowest BCUT2D eigenvalue weighted by Gasteiger charge is -2.35. The molecule has 4 N–H and O–H groups in total. The van der Waals surface area contributed by atoms with E-state index >= 15 is 0 Å². The maximum atomic E-state index is 11.9. The number of ether oxygens (including phenoxy) is 1. The largest absolute Gasteiger partial charge is 0.382 e. The molecule has 2 saturated carbocycles. The first-order valence-corrected chi connectivity index (χ1v) is 7.92. The van der Waals surface area contributed by atoms with Crippen molar-refractivity contribution in [3.05, 3.63) is 11.8 Å². The lowest BCUT2D eigenvalue weighted by Crippen LogP contribution is -2.45. The van der Waals surface area contributed by atoms with Crippen LogP contribution in [0.2, 0.25) is 0 Å². The van der Waals surface area contributed by atoms with E-state index in [0.29, 0.717) is 11.7 Å². The summed E-state index contributed by atoms with van der Waals surface area (Å²) in [5.74, 6) is 0.964. The average molecular weight is 292 g/mol. The van der Waals surface area contributed by atoms with Gasteiger partial charge in [-0.1, -0.05) is 19.3 Å². The third kappa shape index (κ3) is 3.75. The van der Waals surface area contributed by atoms with Crippen LogP contribution in [0.3, 0.4) is 0 Å². The van der Waals surface area contributed by atoms with Crippen LogP contribution in [0, 0.1) is 0 Å². The van der Waals surface area contributed by atoms with Gasteiger partial charge in [-0.15, -0.1) is 0 Å². The first kappa shape index (κ1) is 14.4. The zero-order valence-electron chi connectivity index (χ0n) is 12.3. The van der Waals surface area contributed by atoms with E-state index in [-0.39, 0.29) is 24.7 Å². The minimum Gasteiger partial charge on any atom is -0.382 e. The Bertz CT molecular complexity index is 476. The molecule has 3 rings (SSSR count). The van der Waals surface area contributed by atoms with Crippen molar-refractivity contribution in [1.29, 1.82) is 0 Å². The van der Waals surface area contributed by atoms with Gasteiger partial charge in [0.2, 0.25) is 5.91 Å². The molecule has 21 heavy (non-hydrogen) atoms. The Morgan fingerprint density at radius 2 is 2.14 bits per heavy atom. The molecular weight excluding hydrogens is 268 g/mol. The maximum Gasteiger partial charge on any atom is 0.246 e. The Morgan fingerprint density at radius 1 is 1.38 bits per heavy atom. The van der Waals surface area contributed by atoms with Crippen LogP contribution in [0.1, 0.15) is 56.6 Å². The van der Waals surface area contributed by atoms with Crippen molar-refractivity contribution in [3.63, 3.8) is 0 Å². The second-order valence-electron chi connectivity index (χ2n) is 6.25. The van der Waals surface area contributed by atoms with Gasteiger partial charge in [-0.05, 0) is 25.7 Å². The van der Waals surface area contributed by atoms with Crippen LogP contribution in [0.5, 0.6) is 0 Å². The van der Waals surface area contributed by atoms with E-state index < -0.39 is 0 Å². The molecule has 2 fully saturated rings. The van der Waals surface area contributed by atoms with Crippen LogP contribution in [0.25, 0.3) is 0 Å². The highest BCUT2D eigenvalue weighted by atomic mass is 16.5. The zero-order chi connectivity index (χ0) is 14.7. The number of hydrogen-bond acceptors (Lipinski definition) is 4. The summed E-state index contributed by atoms with van der Waals surface area (Å²) in [5.41, 5.74) is 6.66. The molecule has 6 heteroatoms. The molecule has 0 saturated heterocycles. The molecule has 0 aliphatic heterocycles. The van der Waals surface area contributed by atoms with Gasteiger partial charge >= 0.3 is 0 Å². The highest BCUT2D eigenvalue weighted by Gasteiger charge is 2.32. The molecule has 0 atom stereocenters. The van der Waals surface area contributed by atoms with Crippen molar-refractivity contribution in [2.75, 3.05) is 12.3 Å². The standard InChI is InChI=1S/C15H24N4O2/c16-14-8-13(18-19-14)10-6-11(7-10)17-15(20)9-21-12-4-2-1-3-5-12/h8,10-12H,1-7,9H2,(H,17,20)(H3,16,18,19). The van der Waals surface area contributed by atoms with Gasteiger partial charge in [0.25, 0.3) is 0 Å². The van der Waals surface area contributed by atoms with Crippen LogP contribution in [0.4, 0.5) is 5.82 Å². The van der Waals surface area contributed by atoms with E-state index in [2.05, 4.69) is 15.5 Å². The number of aromatic nitrogens is 2. The summed E-state index contributed by atoms with van der Waals surface area (Å²) in [6.07, 6.45) is 8.11. The average Bonchev–Trinajstić information content (AvgIpc) is 2.87. The number of anilines is 1. The summed E-state index contributed by atoms with van der Waals surface area (Å²) in [5, 5.41) is 9.90. The number of H-pyrrole nitrogens is 1. The third-order valence-electron chi connectivity index (χ3n) is 4.56. The number of carbonyl (C=O) groups excluding carboxylic acids is 1. The van der Waals surface area contributed by atoms with Crippen LogP contribution < -0.4 is 11.1 Å². The summed E-state index contributed by atoms with van der Waals surface area (Å²) in [6, 6.07) is 2.12. The number of nitrogens with zero attached hydrogens (tertiary/aromatic N) is 1. The van der Waals surface area contributed by atoms with E-state index in [1.54, 1.807) is 0 Å². The van der Waals surface area contributed by atoms with Crippen molar-refractivity contribution in [2.45, 2.75) is 63.0 Å². The summed E-state index contributed by atoms with van der Waals surface area (Å²) in [4.78, 5) is 11.9. The number of nitrogens with two attached hydrogens (primary N) is 1. The zero-order valence-corrected chi connectivity index (χ0v) is 12.3. The minimum atomic E-state index is 0.00754. The fourth-order valence-corrected chi connectivity index (χ4v) is 3.25. The molecular formula is C15H24N4O2. The van der Waals surface area contributed by atoms with Crippen LogP contribution in [-0.4, -0.2) is 34.9 Å². The number of amides is 1. The Hall–Kier alpha value is -1.56. The molecule has 0 spiro atoms. The van der Waals surface area contributed by atoms with Crippen molar-refractivity contribution in [1.82, 2.24) is 15.5 Å². The number of rotatable bonds is 5. The Kier molecular flexibility index (Phi) is 4.43. The van der Waals surface area contributed by atoms with Crippen LogP contribution in [-0.2, 0) is 9.53 Å². The molecule has 2 aliphatic rings. The summed E-state index contributed by atoms with van der Waals surface area (Å²) in [6.45, 7) is 0.197. The topological polar surface area (TPSA) is 93.0 Å². The smallest absolute Gasteiger partial charge is 0.246 e. The molecule has 0 radical (unpaired) electrons. The van der Waals surface area contributed by atoms with Gasteiger partial charge in [0.15, 0.2) is 0 Å². The monoisotopic (exact) mass is 292 g/mol. The minimum absolute atomic E-state index is 0.00754. The molecule has 1 aromatic rings. The Morgan fingerprint density at radius 3 is 2.81 bits per heavy atom. The van der Waals surface area contributed by atoms with Gasteiger partial charge in [-0.3, -0.25) is 9.89 Å². The Balaban J connectivity index is 1.33. The molecule has 1 aromatic heterocycles. The van der Waals surface area contributed by atoms with E-state index in [1.807, 2.05) is 6.07 Å². The van der Waals surface area contributed by atoms with Crippen molar-refractivity contribution in [3.8, 4) is 0 Å². The number of nitrogen functional groups attached to an aromatic ring is 1. The maximum absolute atomic E-state index is 11.9. The number of carbonyl (C=O) groups is 1. The van der Waals surface area contributed by atoms with Crippen molar-refractivity contribution in [2.24, 2.45) is 0 Å². The van der Waals surface area contributed by atoms with Crippen molar-refractivity contribution >= 4 is 11.7 Å². The number of nitrogens with one attached hydrogen (secondary N) is 2. The van der Waals surface area contributed by atoms with Gasteiger partial charge in [-0.2, -0.15) is 5.10 Å². The molecule has 6 nitrogen and oxygen atoms in total. The lowest BCUT2D eigenvalue weighted by atomic mass is 9.78. The highest BCUT2D eigenvalue weighted by molar-refractivity contribution is 5.77.